The molecule has 5 heteroatoms. The van der Waals surface area contributed by atoms with Gasteiger partial charge in [-0.15, -0.1) is 24.0 Å². The van der Waals surface area contributed by atoms with Gasteiger partial charge in [0, 0.05) is 26.2 Å². The number of halogens is 1. The summed E-state index contributed by atoms with van der Waals surface area (Å²) in [4.78, 5) is 4.23. The van der Waals surface area contributed by atoms with E-state index in [4.69, 9.17) is 4.74 Å². The van der Waals surface area contributed by atoms with Crippen LogP contribution in [0.1, 0.15) is 33.1 Å². The van der Waals surface area contributed by atoms with Crippen LogP contribution in [0.15, 0.2) is 4.99 Å². The topological polar surface area (TPSA) is 45.7 Å². The largest absolute Gasteiger partial charge is 0.373 e. The SMILES string of the molecule is CN=C(NCC1(C)CCCO1)NC1CC1C.I. The Morgan fingerprint density at radius 1 is 1.53 bits per heavy atom. The van der Waals surface area contributed by atoms with Gasteiger partial charge in [-0.2, -0.15) is 0 Å². The zero-order valence-corrected chi connectivity index (χ0v) is 13.3. The molecule has 2 N–H and O–H groups in total. The van der Waals surface area contributed by atoms with Crippen molar-refractivity contribution in [3.63, 3.8) is 0 Å². The van der Waals surface area contributed by atoms with E-state index in [1.54, 1.807) is 0 Å². The molecule has 2 rings (SSSR count). The molecular weight excluding hydrogens is 329 g/mol. The minimum absolute atomic E-state index is 0. The highest BCUT2D eigenvalue weighted by Gasteiger charge is 2.34. The van der Waals surface area contributed by atoms with Crippen molar-refractivity contribution >= 4 is 29.9 Å². The van der Waals surface area contributed by atoms with Crippen LogP contribution in [0.25, 0.3) is 0 Å². The summed E-state index contributed by atoms with van der Waals surface area (Å²) in [5.41, 5.74) is -0.00716. The molecule has 0 aromatic heterocycles. The first-order valence-electron chi connectivity index (χ1n) is 6.24. The number of hydrogen-bond donors (Lipinski definition) is 2. The molecule has 1 aliphatic carbocycles. The lowest BCUT2D eigenvalue weighted by Crippen LogP contribution is -2.46. The third-order valence-electron chi connectivity index (χ3n) is 3.59. The summed E-state index contributed by atoms with van der Waals surface area (Å²) in [6.45, 7) is 6.16. The normalized spacial score (nSPS) is 36.3. The highest BCUT2D eigenvalue weighted by molar-refractivity contribution is 14.0. The number of hydrogen-bond acceptors (Lipinski definition) is 2. The second-order valence-corrected chi connectivity index (χ2v) is 5.29. The van der Waals surface area contributed by atoms with E-state index in [1.165, 1.54) is 12.8 Å². The summed E-state index contributed by atoms with van der Waals surface area (Å²) in [5, 5.41) is 6.77. The molecule has 3 unspecified atom stereocenters. The van der Waals surface area contributed by atoms with Gasteiger partial charge in [-0.1, -0.05) is 6.92 Å². The molecule has 0 aromatic rings. The number of rotatable bonds is 3. The van der Waals surface area contributed by atoms with E-state index in [0.29, 0.717) is 6.04 Å². The van der Waals surface area contributed by atoms with Crippen LogP contribution in [0, 0.1) is 5.92 Å². The molecule has 1 saturated carbocycles. The fraction of sp³-hybridized carbons (Fsp3) is 0.917. The van der Waals surface area contributed by atoms with Crippen molar-refractivity contribution in [3.8, 4) is 0 Å². The van der Waals surface area contributed by atoms with Gasteiger partial charge < -0.3 is 15.4 Å². The molecule has 100 valence electrons. The summed E-state index contributed by atoms with van der Waals surface area (Å²) in [6.07, 6.45) is 3.56. The first-order chi connectivity index (χ1) is 7.63. The zero-order chi connectivity index (χ0) is 11.6. The van der Waals surface area contributed by atoms with E-state index in [2.05, 4.69) is 29.5 Å². The minimum Gasteiger partial charge on any atom is -0.373 e. The van der Waals surface area contributed by atoms with E-state index >= 15 is 0 Å². The molecular formula is C12H24IN3O. The average molecular weight is 353 g/mol. The Kier molecular flexibility index (Phi) is 5.50. The molecule has 0 amide bonds. The van der Waals surface area contributed by atoms with E-state index in [-0.39, 0.29) is 29.6 Å². The quantitative estimate of drug-likeness (QED) is 0.462. The van der Waals surface area contributed by atoms with Crippen molar-refractivity contribution < 1.29 is 4.74 Å². The minimum atomic E-state index is -0.00716. The highest BCUT2D eigenvalue weighted by atomic mass is 127. The van der Waals surface area contributed by atoms with Gasteiger partial charge in [0.05, 0.1) is 5.60 Å². The van der Waals surface area contributed by atoms with Gasteiger partial charge >= 0.3 is 0 Å². The number of nitrogens with one attached hydrogen (secondary N) is 2. The number of guanidine groups is 1. The van der Waals surface area contributed by atoms with Crippen LogP contribution in [0.3, 0.4) is 0 Å². The van der Waals surface area contributed by atoms with Crippen LogP contribution in [0.5, 0.6) is 0 Å². The van der Waals surface area contributed by atoms with Gasteiger partial charge in [0.2, 0.25) is 0 Å². The Morgan fingerprint density at radius 2 is 2.24 bits per heavy atom. The van der Waals surface area contributed by atoms with Crippen LogP contribution in [0.2, 0.25) is 0 Å². The second-order valence-electron chi connectivity index (χ2n) is 5.29. The van der Waals surface area contributed by atoms with Gasteiger partial charge in [-0.3, -0.25) is 4.99 Å². The molecule has 1 heterocycles. The third kappa shape index (κ3) is 4.28. The molecule has 2 fully saturated rings. The molecule has 0 aromatic carbocycles. The van der Waals surface area contributed by atoms with Crippen molar-refractivity contribution in [2.24, 2.45) is 10.9 Å². The van der Waals surface area contributed by atoms with Crippen LogP contribution in [-0.4, -0.2) is 37.8 Å². The van der Waals surface area contributed by atoms with Gasteiger partial charge in [0.1, 0.15) is 0 Å². The monoisotopic (exact) mass is 353 g/mol. The Morgan fingerprint density at radius 3 is 2.71 bits per heavy atom. The van der Waals surface area contributed by atoms with Crippen molar-refractivity contribution in [1.82, 2.24) is 10.6 Å². The summed E-state index contributed by atoms with van der Waals surface area (Å²) in [6, 6.07) is 0.614. The molecule has 1 saturated heterocycles. The maximum atomic E-state index is 5.73. The Bertz CT molecular complexity index is 277. The van der Waals surface area contributed by atoms with Gasteiger partial charge in [-0.25, -0.2) is 0 Å². The number of ether oxygens (including phenoxy) is 1. The van der Waals surface area contributed by atoms with Gasteiger partial charge in [0.15, 0.2) is 5.96 Å². The summed E-state index contributed by atoms with van der Waals surface area (Å²) in [7, 11) is 1.82. The van der Waals surface area contributed by atoms with Gasteiger partial charge in [0.25, 0.3) is 0 Å². The third-order valence-corrected chi connectivity index (χ3v) is 3.59. The number of aliphatic imine (C=N–C) groups is 1. The standard InChI is InChI=1S/C12H23N3O.HI/c1-9-7-10(9)15-11(13-3)14-8-12(2)5-4-6-16-12;/h9-10H,4-8H2,1-3H3,(H2,13,14,15);1H. The average Bonchev–Trinajstić information content (AvgIpc) is 2.76. The van der Waals surface area contributed by atoms with E-state index in [9.17, 15) is 0 Å². The smallest absolute Gasteiger partial charge is 0.191 e. The summed E-state index contributed by atoms with van der Waals surface area (Å²) in [5.74, 6) is 1.70. The fourth-order valence-electron chi connectivity index (χ4n) is 2.14. The lowest BCUT2D eigenvalue weighted by Gasteiger charge is -2.24. The first kappa shape index (κ1) is 15.0. The predicted molar refractivity (Wildman–Crippen MR) is 81.1 cm³/mol. The maximum Gasteiger partial charge on any atom is 0.191 e. The zero-order valence-electron chi connectivity index (χ0n) is 11.0. The van der Waals surface area contributed by atoms with E-state index < -0.39 is 0 Å². The van der Waals surface area contributed by atoms with Crippen molar-refractivity contribution in [2.75, 3.05) is 20.2 Å². The summed E-state index contributed by atoms with van der Waals surface area (Å²) < 4.78 is 5.73. The van der Waals surface area contributed by atoms with Gasteiger partial charge in [-0.05, 0) is 32.1 Å². The predicted octanol–water partition coefficient (Wildman–Crippen LogP) is 1.75. The molecule has 0 spiro atoms. The molecule has 2 aliphatic rings. The van der Waals surface area contributed by atoms with Crippen LogP contribution in [0.4, 0.5) is 0 Å². The maximum absolute atomic E-state index is 5.73. The fourth-order valence-corrected chi connectivity index (χ4v) is 2.14. The van der Waals surface area contributed by atoms with Crippen molar-refractivity contribution in [2.45, 2.75) is 44.8 Å². The lowest BCUT2D eigenvalue weighted by molar-refractivity contribution is 0.0242. The van der Waals surface area contributed by atoms with E-state index in [0.717, 1.165) is 31.4 Å². The molecule has 1 aliphatic heterocycles. The highest BCUT2D eigenvalue weighted by Crippen LogP contribution is 2.29. The van der Waals surface area contributed by atoms with Crippen molar-refractivity contribution in [3.05, 3.63) is 0 Å². The summed E-state index contributed by atoms with van der Waals surface area (Å²) >= 11 is 0. The molecule has 0 radical (unpaired) electrons. The Balaban J connectivity index is 0.00000144. The van der Waals surface area contributed by atoms with Crippen LogP contribution < -0.4 is 10.6 Å². The molecule has 17 heavy (non-hydrogen) atoms. The second kappa shape index (κ2) is 6.22. The molecule has 3 atom stereocenters. The Labute approximate surface area is 121 Å². The van der Waals surface area contributed by atoms with Crippen LogP contribution in [-0.2, 0) is 4.74 Å². The molecule has 0 bridgehead atoms. The Hall–Kier alpha value is -0.0400. The van der Waals surface area contributed by atoms with E-state index in [1.807, 2.05) is 7.05 Å². The lowest BCUT2D eigenvalue weighted by atomic mass is 10.0. The molecule has 4 nitrogen and oxygen atoms in total. The first-order valence-corrected chi connectivity index (χ1v) is 6.24. The number of nitrogens with zero attached hydrogens (tertiary/aromatic N) is 1. The van der Waals surface area contributed by atoms with Crippen LogP contribution >= 0.6 is 24.0 Å². The van der Waals surface area contributed by atoms with Crippen molar-refractivity contribution in [1.29, 1.82) is 0 Å².